The number of carbonyl (C=O) groups excluding carboxylic acids is 1. The molecule has 0 atom stereocenters. The minimum absolute atomic E-state index is 0.0267. The van der Waals surface area contributed by atoms with Crippen molar-refractivity contribution in [1.29, 1.82) is 0 Å². The fourth-order valence-electron chi connectivity index (χ4n) is 1.99. The van der Waals surface area contributed by atoms with Gasteiger partial charge in [-0.15, -0.1) is 0 Å². The number of likely N-dealkylation sites (tertiary alicyclic amines) is 1. The summed E-state index contributed by atoms with van der Waals surface area (Å²) >= 11 is 6.17. The molecule has 17 heavy (non-hydrogen) atoms. The first kappa shape index (κ1) is 12.2. The highest BCUT2D eigenvalue weighted by Gasteiger charge is 2.13. The number of rotatable bonds is 3. The Morgan fingerprint density at radius 1 is 1.12 bits per heavy atom. The number of hydrogen-bond donors (Lipinski definition) is 0. The van der Waals surface area contributed by atoms with Crippen molar-refractivity contribution < 1.29 is 4.79 Å². The summed E-state index contributed by atoms with van der Waals surface area (Å²) in [5.41, 5.74) is 0.683. The third-order valence-corrected chi connectivity index (χ3v) is 3.31. The van der Waals surface area contributed by atoms with E-state index >= 15 is 0 Å². The van der Waals surface area contributed by atoms with E-state index in [4.69, 9.17) is 11.6 Å². The van der Waals surface area contributed by atoms with E-state index in [0.717, 1.165) is 25.9 Å². The van der Waals surface area contributed by atoms with Gasteiger partial charge in [0.15, 0.2) is 5.78 Å². The van der Waals surface area contributed by atoms with Crippen molar-refractivity contribution in [2.75, 3.05) is 13.1 Å². The molecule has 0 spiro atoms. The van der Waals surface area contributed by atoms with Gasteiger partial charge < -0.3 is 4.90 Å². The van der Waals surface area contributed by atoms with Crippen LogP contribution < -0.4 is 0 Å². The van der Waals surface area contributed by atoms with Gasteiger partial charge in [-0.25, -0.2) is 0 Å². The maximum absolute atomic E-state index is 11.9. The normalized spacial score (nSPS) is 17.0. The Hall–Kier alpha value is -1.28. The van der Waals surface area contributed by atoms with Gasteiger partial charge in [0.25, 0.3) is 0 Å². The number of benzene rings is 1. The lowest BCUT2D eigenvalue weighted by Crippen LogP contribution is -2.27. The smallest absolute Gasteiger partial charge is 0.188 e. The van der Waals surface area contributed by atoms with Crippen LogP contribution in [-0.2, 0) is 0 Å². The third-order valence-electron chi connectivity index (χ3n) is 2.97. The molecular formula is C14H16ClNO. The summed E-state index contributed by atoms with van der Waals surface area (Å²) in [7, 11) is 0. The maximum atomic E-state index is 11.9. The van der Waals surface area contributed by atoms with E-state index < -0.39 is 0 Å². The van der Waals surface area contributed by atoms with Gasteiger partial charge in [0.05, 0.1) is 0 Å². The maximum Gasteiger partial charge on any atom is 0.188 e. The van der Waals surface area contributed by atoms with Gasteiger partial charge in [0, 0.05) is 24.7 Å². The molecule has 0 aliphatic carbocycles. The predicted octanol–water partition coefficient (Wildman–Crippen LogP) is 3.44. The molecule has 0 N–H and O–H groups in total. The van der Waals surface area contributed by atoms with Crippen molar-refractivity contribution >= 4 is 17.4 Å². The lowest BCUT2D eigenvalue weighted by Gasteiger charge is -2.27. The van der Waals surface area contributed by atoms with Crippen molar-refractivity contribution in [2.45, 2.75) is 19.3 Å². The number of allylic oxidation sites excluding steroid dienone is 1. The molecule has 1 aliphatic heterocycles. The highest BCUT2D eigenvalue weighted by molar-refractivity contribution is 6.31. The zero-order chi connectivity index (χ0) is 12.1. The standard InChI is InChI=1S/C14H16ClNO/c15-14(16-9-5-2-6-10-16)11-13(17)12-7-3-1-4-8-12/h1,3-4,7-8,11H,2,5-6,9-10H2/b14-11-. The Bertz CT molecular complexity index is 407. The van der Waals surface area contributed by atoms with E-state index in [2.05, 4.69) is 4.90 Å². The topological polar surface area (TPSA) is 20.3 Å². The molecule has 1 heterocycles. The molecule has 1 saturated heterocycles. The SMILES string of the molecule is O=C(/C=C(/Cl)N1CCCCC1)c1ccccc1. The monoisotopic (exact) mass is 249 g/mol. The van der Waals surface area contributed by atoms with Crippen molar-refractivity contribution in [2.24, 2.45) is 0 Å². The lowest BCUT2D eigenvalue weighted by atomic mass is 10.1. The highest BCUT2D eigenvalue weighted by atomic mass is 35.5. The molecule has 2 rings (SSSR count). The predicted molar refractivity (Wildman–Crippen MR) is 70.1 cm³/mol. The molecule has 0 unspecified atom stereocenters. The van der Waals surface area contributed by atoms with Gasteiger partial charge in [-0.3, -0.25) is 4.79 Å². The van der Waals surface area contributed by atoms with Crippen LogP contribution in [0.15, 0.2) is 41.6 Å². The first-order valence-electron chi connectivity index (χ1n) is 5.99. The van der Waals surface area contributed by atoms with Gasteiger partial charge in [-0.2, -0.15) is 0 Å². The largest absolute Gasteiger partial charge is 0.362 e. The van der Waals surface area contributed by atoms with Crippen molar-refractivity contribution in [3.05, 3.63) is 47.1 Å². The second-order valence-electron chi connectivity index (χ2n) is 4.25. The van der Waals surface area contributed by atoms with Gasteiger partial charge >= 0.3 is 0 Å². The molecule has 1 aliphatic rings. The Morgan fingerprint density at radius 3 is 2.41 bits per heavy atom. The second-order valence-corrected chi connectivity index (χ2v) is 4.63. The highest BCUT2D eigenvalue weighted by Crippen LogP contribution is 2.18. The first-order valence-corrected chi connectivity index (χ1v) is 6.37. The molecular weight excluding hydrogens is 234 g/mol. The molecule has 0 amide bonds. The molecule has 0 saturated carbocycles. The third kappa shape index (κ3) is 3.34. The number of hydrogen-bond acceptors (Lipinski definition) is 2. The summed E-state index contributed by atoms with van der Waals surface area (Å²) in [6, 6.07) is 9.22. The molecule has 0 radical (unpaired) electrons. The second kappa shape index (κ2) is 5.87. The molecule has 1 aromatic rings. The Morgan fingerprint density at radius 2 is 1.76 bits per heavy atom. The zero-order valence-electron chi connectivity index (χ0n) is 9.73. The van der Waals surface area contributed by atoms with Crippen LogP contribution in [0, 0.1) is 0 Å². The van der Waals surface area contributed by atoms with Crippen LogP contribution in [0.25, 0.3) is 0 Å². The van der Waals surface area contributed by atoms with Crippen molar-refractivity contribution in [3.8, 4) is 0 Å². The number of halogens is 1. The van der Waals surface area contributed by atoms with Gasteiger partial charge in [0.2, 0.25) is 0 Å². The van der Waals surface area contributed by atoms with Crippen molar-refractivity contribution in [1.82, 2.24) is 4.90 Å². The Balaban J connectivity index is 2.05. The Labute approximate surface area is 107 Å². The summed E-state index contributed by atoms with van der Waals surface area (Å²) in [6.07, 6.45) is 5.10. The summed E-state index contributed by atoms with van der Waals surface area (Å²) < 4.78 is 0. The number of carbonyl (C=O) groups is 1. The molecule has 1 aromatic carbocycles. The fraction of sp³-hybridized carbons (Fsp3) is 0.357. The minimum Gasteiger partial charge on any atom is -0.362 e. The van der Waals surface area contributed by atoms with E-state index in [1.807, 2.05) is 18.2 Å². The average molecular weight is 250 g/mol. The zero-order valence-corrected chi connectivity index (χ0v) is 10.5. The van der Waals surface area contributed by atoms with Crippen molar-refractivity contribution in [3.63, 3.8) is 0 Å². The van der Waals surface area contributed by atoms with Crippen LogP contribution in [-0.4, -0.2) is 23.8 Å². The summed E-state index contributed by atoms with van der Waals surface area (Å²) in [6.45, 7) is 1.91. The van der Waals surface area contributed by atoms with E-state index in [0.29, 0.717) is 10.7 Å². The molecule has 0 bridgehead atoms. The Kier molecular flexibility index (Phi) is 4.21. The van der Waals surface area contributed by atoms with Crippen LogP contribution in [0.3, 0.4) is 0 Å². The van der Waals surface area contributed by atoms with Crippen LogP contribution in [0.1, 0.15) is 29.6 Å². The number of ketones is 1. The average Bonchev–Trinajstić information content (AvgIpc) is 2.40. The van der Waals surface area contributed by atoms with Gasteiger partial charge in [0.1, 0.15) is 5.16 Å². The summed E-state index contributed by atoms with van der Waals surface area (Å²) in [5, 5.41) is 0.568. The summed E-state index contributed by atoms with van der Waals surface area (Å²) in [5.74, 6) is -0.0267. The lowest BCUT2D eigenvalue weighted by molar-refractivity contribution is 0.104. The van der Waals surface area contributed by atoms with E-state index in [9.17, 15) is 4.79 Å². The molecule has 2 nitrogen and oxygen atoms in total. The van der Waals surface area contributed by atoms with E-state index in [-0.39, 0.29) is 5.78 Å². The minimum atomic E-state index is -0.0267. The fourth-order valence-corrected chi connectivity index (χ4v) is 2.26. The molecule has 90 valence electrons. The van der Waals surface area contributed by atoms with Crippen LogP contribution >= 0.6 is 11.6 Å². The van der Waals surface area contributed by atoms with Crippen LogP contribution in [0.2, 0.25) is 0 Å². The van der Waals surface area contributed by atoms with E-state index in [1.54, 1.807) is 12.1 Å². The van der Waals surface area contributed by atoms with Gasteiger partial charge in [-0.1, -0.05) is 41.9 Å². The molecule has 1 fully saturated rings. The van der Waals surface area contributed by atoms with Crippen LogP contribution in [0.4, 0.5) is 0 Å². The molecule has 3 heteroatoms. The summed E-state index contributed by atoms with van der Waals surface area (Å²) in [4.78, 5) is 14.0. The van der Waals surface area contributed by atoms with Gasteiger partial charge in [-0.05, 0) is 19.3 Å². The van der Waals surface area contributed by atoms with Crippen LogP contribution in [0.5, 0.6) is 0 Å². The number of piperidine rings is 1. The number of nitrogens with zero attached hydrogens (tertiary/aromatic N) is 1. The first-order chi connectivity index (χ1) is 8.27. The quantitative estimate of drug-likeness (QED) is 0.465. The van der Waals surface area contributed by atoms with E-state index in [1.165, 1.54) is 12.5 Å². The molecule has 0 aromatic heterocycles.